The molecule has 2 aromatic rings. The van der Waals surface area contributed by atoms with Gasteiger partial charge in [-0.2, -0.15) is 5.10 Å². The van der Waals surface area contributed by atoms with E-state index >= 15 is 0 Å². The predicted octanol–water partition coefficient (Wildman–Crippen LogP) is 1.85. The number of pyridine rings is 1. The number of hydrogen-bond donors (Lipinski definition) is 0. The van der Waals surface area contributed by atoms with Crippen molar-refractivity contribution in [3.8, 4) is 0 Å². The molecule has 3 heterocycles. The molecule has 5 nitrogen and oxygen atoms in total. The van der Waals surface area contributed by atoms with Crippen molar-refractivity contribution in [2.75, 3.05) is 24.6 Å². The van der Waals surface area contributed by atoms with Crippen LogP contribution in [0.1, 0.15) is 6.92 Å². The van der Waals surface area contributed by atoms with E-state index in [-0.39, 0.29) is 6.10 Å². The molecule has 96 valence electrons. The molecule has 0 N–H and O–H groups in total. The number of aryl methyl sites for hydroxylation is 1. The molecule has 1 aliphatic rings. The van der Waals surface area contributed by atoms with E-state index in [9.17, 15) is 0 Å². The minimum atomic E-state index is 0.224. The van der Waals surface area contributed by atoms with E-state index in [1.807, 2.05) is 13.1 Å². The Kier molecular flexibility index (Phi) is 2.87. The van der Waals surface area contributed by atoms with Crippen molar-refractivity contribution >= 4 is 28.5 Å². The summed E-state index contributed by atoms with van der Waals surface area (Å²) in [5.41, 5.74) is 0.816. The van der Waals surface area contributed by atoms with Crippen molar-refractivity contribution in [1.29, 1.82) is 0 Å². The van der Waals surface area contributed by atoms with Gasteiger partial charge in [-0.1, -0.05) is 11.6 Å². The summed E-state index contributed by atoms with van der Waals surface area (Å²) in [4.78, 5) is 6.84. The zero-order chi connectivity index (χ0) is 12.7. The molecule has 1 aliphatic heterocycles. The average molecular weight is 267 g/mol. The molecule has 1 fully saturated rings. The van der Waals surface area contributed by atoms with Crippen LogP contribution < -0.4 is 4.90 Å². The molecular weight excluding hydrogens is 252 g/mol. The van der Waals surface area contributed by atoms with Crippen molar-refractivity contribution in [2.45, 2.75) is 13.0 Å². The molecule has 0 aromatic carbocycles. The van der Waals surface area contributed by atoms with Crippen LogP contribution >= 0.6 is 11.6 Å². The van der Waals surface area contributed by atoms with Gasteiger partial charge in [-0.15, -0.1) is 0 Å². The lowest BCUT2D eigenvalue weighted by atomic mass is 10.2. The molecule has 0 saturated carbocycles. The number of nitrogens with zero attached hydrogens (tertiary/aromatic N) is 4. The van der Waals surface area contributed by atoms with Crippen LogP contribution in [0.5, 0.6) is 0 Å². The summed E-state index contributed by atoms with van der Waals surface area (Å²) < 4.78 is 7.28. The first-order chi connectivity index (χ1) is 8.65. The highest BCUT2D eigenvalue weighted by Crippen LogP contribution is 2.27. The van der Waals surface area contributed by atoms with Crippen LogP contribution in [0.15, 0.2) is 12.3 Å². The molecule has 0 amide bonds. The number of morpholine rings is 1. The van der Waals surface area contributed by atoms with Gasteiger partial charge in [0.1, 0.15) is 5.82 Å². The van der Waals surface area contributed by atoms with Gasteiger partial charge in [-0.05, 0) is 6.92 Å². The summed E-state index contributed by atoms with van der Waals surface area (Å²) in [5.74, 6) is 0.895. The maximum atomic E-state index is 6.28. The molecule has 6 heteroatoms. The maximum Gasteiger partial charge on any atom is 0.161 e. The van der Waals surface area contributed by atoms with Crippen molar-refractivity contribution in [3.05, 3.63) is 17.3 Å². The molecule has 0 spiro atoms. The molecule has 18 heavy (non-hydrogen) atoms. The molecule has 0 aliphatic carbocycles. The van der Waals surface area contributed by atoms with Gasteiger partial charge in [0.25, 0.3) is 0 Å². The summed E-state index contributed by atoms with van der Waals surface area (Å²) in [6.07, 6.45) is 1.97. The Bertz CT molecular complexity index is 583. The number of anilines is 1. The van der Waals surface area contributed by atoms with Gasteiger partial charge in [0.15, 0.2) is 5.65 Å². The van der Waals surface area contributed by atoms with Crippen LogP contribution in [0.4, 0.5) is 5.82 Å². The van der Waals surface area contributed by atoms with Crippen molar-refractivity contribution < 1.29 is 4.74 Å². The lowest BCUT2D eigenvalue weighted by Crippen LogP contribution is -2.41. The molecule has 2 aromatic heterocycles. The normalized spacial score (nSPS) is 20.6. The van der Waals surface area contributed by atoms with Crippen LogP contribution in [-0.2, 0) is 11.8 Å². The molecule has 0 radical (unpaired) electrons. The Balaban J connectivity index is 2.03. The Morgan fingerprint density at radius 2 is 2.33 bits per heavy atom. The summed E-state index contributed by atoms with van der Waals surface area (Å²) in [7, 11) is 1.87. The van der Waals surface area contributed by atoms with E-state index in [0.717, 1.165) is 36.5 Å². The lowest BCUT2D eigenvalue weighted by Gasteiger charge is -2.32. The SMILES string of the molecule is C[C@H]1CN(c2cc(Cl)c3cnn(C)c3n2)CCO1. The second-order valence-corrected chi connectivity index (χ2v) is 5.00. The molecule has 3 rings (SSSR count). The summed E-state index contributed by atoms with van der Waals surface area (Å²) in [6, 6.07) is 1.91. The first kappa shape index (κ1) is 11.7. The lowest BCUT2D eigenvalue weighted by molar-refractivity contribution is 0.0529. The van der Waals surface area contributed by atoms with Crippen LogP contribution in [0.25, 0.3) is 11.0 Å². The fourth-order valence-electron chi connectivity index (χ4n) is 2.25. The standard InChI is InChI=1S/C12H15ClN4O/c1-8-7-17(3-4-18-8)11-5-10(13)9-6-14-16(2)12(9)15-11/h5-6,8H,3-4,7H2,1-2H3/t8-/m0/s1. The van der Waals surface area contributed by atoms with Crippen LogP contribution in [0.3, 0.4) is 0 Å². The van der Waals surface area contributed by atoms with E-state index in [2.05, 4.69) is 21.9 Å². The first-order valence-corrected chi connectivity index (χ1v) is 6.38. The first-order valence-electron chi connectivity index (χ1n) is 6.00. The third-order valence-electron chi connectivity index (χ3n) is 3.21. The monoisotopic (exact) mass is 266 g/mol. The Labute approximate surface area is 110 Å². The Morgan fingerprint density at radius 3 is 3.11 bits per heavy atom. The smallest absolute Gasteiger partial charge is 0.161 e. The molecule has 1 saturated heterocycles. The quantitative estimate of drug-likeness (QED) is 0.790. The Morgan fingerprint density at radius 1 is 1.50 bits per heavy atom. The molecular formula is C12H15ClN4O. The van der Waals surface area contributed by atoms with E-state index in [1.54, 1.807) is 10.9 Å². The minimum absolute atomic E-state index is 0.224. The second-order valence-electron chi connectivity index (χ2n) is 4.60. The zero-order valence-electron chi connectivity index (χ0n) is 10.4. The van der Waals surface area contributed by atoms with E-state index in [0.29, 0.717) is 5.02 Å². The number of rotatable bonds is 1. The van der Waals surface area contributed by atoms with E-state index in [4.69, 9.17) is 16.3 Å². The minimum Gasteiger partial charge on any atom is -0.375 e. The van der Waals surface area contributed by atoms with Crippen molar-refractivity contribution in [2.24, 2.45) is 7.05 Å². The topological polar surface area (TPSA) is 43.2 Å². The maximum absolute atomic E-state index is 6.28. The summed E-state index contributed by atoms with van der Waals surface area (Å²) in [6.45, 7) is 4.48. The fraction of sp³-hybridized carbons (Fsp3) is 0.500. The number of aromatic nitrogens is 3. The fourth-order valence-corrected chi connectivity index (χ4v) is 2.48. The average Bonchev–Trinajstić information content (AvgIpc) is 2.72. The highest BCUT2D eigenvalue weighted by molar-refractivity contribution is 6.35. The third-order valence-corrected chi connectivity index (χ3v) is 3.52. The summed E-state index contributed by atoms with van der Waals surface area (Å²) in [5, 5.41) is 5.77. The van der Waals surface area contributed by atoms with E-state index < -0.39 is 0 Å². The molecule has 1 atom stereocenters. The van der Waals surface area contributed by atoms with Crippen molar-refractivity contribution in [3.63, 3.8) is 0 Å². The van der Waals surface area contributed by atoms with Crippen LogP contribution in [0.2, 0.25) is 5.02 Å². The number of halogens is 1. The van der Waals surface area contributed by atoms with Gasteiger partial charge < -0.3 is 9.64 Å². The molecule has 0 unspecified atom stereocenters. The van der Waals surface area contributed by atoms with Gasteiger partial charge in [0, 0.05) is 26.2 Å². The Hall–Kier alpha value is -1.33. The zero-order valence-corrected chi connectivity index (χ0v) is 11.2. The van der Waals surface area contributed by atoms with Crippen LogP contribution in [-0.4, -0.2) is 40.6 Å². The highest BCUT2D eigenvalue weighted by Gasteiger charge is 2.19. The number of fused-ring (bicyclic) bond motifs is 1. The van der Waals surface area contributed by atoms with Gasteiger partial charge in [-0.25, -0.2) is 4.98 Å². The van der Waals surface area contributed by atoms with E-state index in [1.165, 1.54) is 0 Å². The van der Waals surface area contributed by atoms with Gasteiger partial charge >= 0.3 is 0 Å². The van der Waals surface area contributed by atoms with Crippen molar-refractivity contribution in [1.82, 2.24) is 14.8 Å². The number of ether oxygens (including phenoxy) is 1. The second kappa shape index (κ2) is 4.40. The molecule has 0 bridgehead atoms. The highest BCUT2D eigenvalue weighted by atomic mass is 35.5. The van der Waals surface area contributed by atoms with Gasteiger partial charge in [0.2, 0.25) is 0 Å². The third kappa shape index (κ3) is 1.93. The van der Waals surface area contributed by atoms with Crippen LogP contribution in [0, 0.1) is 0 Å². The van der Waals surface area contributed by atoms with Gasteiger partial charge in [-0.3, -0.25) is 4.68 Å². The number of hydrogen-bond acceptors (Lipinski definition) is 4. The largest absolute Gasteiger partial charge is 0.375 e. The van der Waals surface area contributed by atoms with Gasteiger partial charge in [0.05, 0.1) is 29.3 Å². The summed E-state index contributed by atoms with van der Waals surface area (Å²) >= 11 is 6.28. The predicted molar refractivity (Wildman–Crippen MR) is 71.1 cm³/mol.